The number of aryl methyl sites for hydroxylation is 1. The van der Waals surface area contributed by atoms with Crippen molar-refractivity contribution in [2.75, 3.05) is 0 Å². The van der Waals surface area contributed by atoms with Gasteiger partial charge in [0, 0.05) is 10.9 Å². The Bertz CT molecular complexity index is 405. The zero-order chi connectivity index (χ0) is 12.3. The van der Waals surface area contributed by atoms with Crippen LogP contribution < -0.4 is 5.73 Å². The van der Waals surface area contributed by atoms with Crippen molar-refractivity contribution in [1.82, 2.24) is 0 Å². The first-order valence-corrected chi connectivity index (χ1v) is 7.63. The van der Waals surface area contributed by atoms with Gasteiger partial charge in [-0.15, -0.1) is 0 Å². The minimum absolute atomic E-state index is 0.0953. The van der Waals surface area contributed by atoms with E-state index in [1.165, 1.54) is 12.8 Å². The van der Waals surface area contributed by atoms with Gasteiger partial charge in [0.15, 0.2) is 0 Å². The summed E-state index contributed by atoms with van der Waals surface area (Å²) < 4.78 is 12.6. The molecule has 3 heteroatoms. The average Bonchev–Trinajstić information content (AvgIpc) is 2.54. The molecule has 2 rings (SSSR count). The van der Waals surface area contributed by atoms with E-state index >= 15 is 0 Å². The molecule has 0 heterocycles. The van der Waals surface area contributed by atoms with Gasteiger partial charge < -0.3 is 5.73 Å². The van der Waals surface area contributed by atoms with E-state index in [1.807, 2.05) is 31.2 Å². The highest BCUT2D eigenvalue weighted by Crippen LogP contribution is 2.25. The Morgan fingerprint density at radius 3 is 2.65 bits per heavy atom. The van der Waals surface area contributed by atoms with Gasteiger partial charge in [0.25, 0.3) is 0 Å². The molecule has 3 unspecified atom stereocenters. The molecule has 2 N–H and O–H groups in total. The van der Waals surface area contributed by atoms with E-state index in [4.69, 9.17) is 5.73 Å². The van der Waals surface area contributed by atoms with Crippen LogP contribution in [0.4, 0.5) is 0 Å². The molecule has 2 nitrogen and oxygen atoms in total. The first kappa shape index (κ1) is 12.8. The lowest BCUT2D eigenvalue weighted by molar-refractivity contribution is 0.575. The van der Waals surface area contributed by atoms with Gasteiger partial charge in [0.1, 0.15) is 0 Å². The molecule has 1 aliphatic carbocycles. The van der Waals surface area contributed by atoms with Crippen LogP contribution in [-0.2, 0) is 10.8 Å². The molecule has 1 saturated carbocycles. The van der Waals surface area contributed by atoms with Crippen LogP contribution in [0.1, 0.15) is 37.7 Å². The summed E-state index contributed by atoms with van der Waals surface area (Å²) in [4.78, 5) is 0.967. The minimum atomic E-state index is -0.948. The summed E-state index contributed by atoms with van der Waals surface area (Å²) in [6.07, 6.45) is 5.60. The Hall–Kier alpha value is -0.670. The molecular weight excluding hydrogens is 230 g/mol. The largest absolute Gasteiger partial charge is 0.327 e. The summed E-state index contributed by atoms with van der Waals surface area (Å²) >= 11 is 0. The van der Waals surface area contributed by atoms with Gasteiger partial charge in [0.05, 0.1) is 16.0 Å². The monoisotopic (exact) mass is 251 g/mol. The minimum Gasteiger partial charge on any atom is -0.327 e. The van der Waals surface area contributed by atoms with Crippen LogP contribution in [0.5, 0.6) is 0 Å². The Kier molecular flexibility index (Phi) is 4.35. The molecule has 1 aliphatic rings. The zero-order valence-corrected chi connectivity index (χ0v) is 11.2. The van der Waals surface area contributed by atoms with Gasteiger partial charge in [-0.05, 0) is 31.4 Å². The summed E-state index contributed by atoms with van der Waals surface area (Å²) in [5.41, 5.74) is 7.29. The molecule has 1 aromatic rings. The van der Waals surface area contributed by atoms with Crippen molar-refractivity contribution < 1.29 is 4.21 Å². The lowest BCUT2D eigenvalue weighted by Crippen LogP contribution is -2.37. The third kappa shape index (κ3) is 2.96. The molecule has 17 heavy (non-hydrogen) atoms. The van der Waals surface area contributed by atoms with Crippen LogP contribution in [-0.4, -0.2) is 15.5 Å². The van der Waals surface area contributed by atoms with Crippen LogP contribution in [0.15, 0.2) is 29.2 Å². The van der Waals surface area contributed by atoms with E-state index in [-0.39, 0.29) is 11.3 Å². The van der Waals surface area contributed by atoms with Crippen molar-refractivity contribution in [1.29, 1.82) is 0 Å². The number of hydrogen-bond donors (Lipinski definition) is 1. The maximum Gasteiger partial charge on any atom is 0.0579 e. The normalized spacial score (nSPS) is 27.4. The van der Waals surface area contributed by atoms with Gasteiger partial charge in [-0.1, -0.05) is 37.5 Å². The summed E-state index contributed by atoms with van der Waals surface area (Å²) in [5.74, 6) is 0. The molecule has 1 aromatic carbocycles. The van der Waals surface area contributed by atoms with Crippen molar-refractivity contribution >= 4 is 10.8 Å². The maximum atomic E-state index is 12.6. The first-order chi connectivity index (χ1) is 8.20. The van der Waals surface area contributed by atoms with E-state index in [0.29, 0.717) is 0 Å². The van der Waals surface area contributed by atoms with E-state index in [1.54, 1.807) is 0 Å². The van der Waals surface area contributed by atoms with Crippen LogP contribution in [0.25, 0.3) is 0 Å². The molecule has 3 atom stereocenters. The number of rotatable bonds is 2. The molecule has 0 spiro atoms. The molecule has 0 amide bonds. The van der Waals surface area contributed by atoms with Gasteiger partial charge in [-0.25, -0.2) is 0 Å². The van der Waals surface area contributed by atoms with Crippen LogP contribution in [0.2, 0.25) is 0 Å². The van der Waals surface area contributed by atoms with Gasteiger partial charge in [-0.3, -0.25) is 4.21 Å². The van der Waals surface area contributed by atoms with Gasteiger partial charge in [-0.2, -0.15) is 0 Å². The van der Waals surface area contributed by atoms with Crippen molar-refractivity contribution in [3.05, 3.63) is 29.8 Å². The molecule has 0 aliphatic heterocycles. The highest BCUT2D eigenvalue weighted by atomic mass is 32.2. The third-order valence-corrected chi connectivity index (χ3v) is 5.62. The van der Waals surface area contributed by atoms with Crippen molar-refractivity contribution in [3.8, 4) is 0 Å². The fourth-order valence-corrected chi connectivity index (χ4v) is 4.27. The number of benzene rings is 1. The van der Waals surface area contributed by atoms with Gasteiger partial charge >= 0.3 is 0 Å². The third-order valence-electron chi connectivity index (χ3n) is 3.59. The summed E-state index contributed by atoms with van der Waals surface area (Å²) in [5, 5.41) is 0.138. The molecule has 94 valence electrons. The predicted molar refractivity (Wildman–Crippen MR) is 72.4 cm³/mol. The smallest absolute Gasteiger partial charge is 0.0579 e. The number of hydrogen-bond acceptors (Lipinski definition) is 2. The lowest BCUT2D eigenvalue weighted by Gasteiger charge is -2.21. The average molecular weight is 251 g/mol. The van der Waals surface area contributed by atoms with Crippen LogP contribution >= 0.6 is 0 Å². The lowest BCUT2D eigenvalue weighted by atomic mass is 10.1. The SMILES string of the molecule is Cc1ccccc1S(=O)C1CCCCCC1N. The topological polar surface area (TPSA) is 43.1 Å². The summed E-state index contributed by atoms with van der Waals surface area (Å²) in [7, 11) is -0.948. The van der Waals surface area contributed by atoms with E-state index in [2.05, 4.69) is 0 Å². The zero-order valence-electron chi connectivity index (χ0n) is 10.4. The van der Waals surface area contributed by atoms with E-state index in [0.717, 1.165) is 29.7 Å². The fraction of sp³-hybridized carbons (Fsp3) is 0.571. The molecule has 0 aromatic heterocycles. The standard InChI is InChI=1S/C14H21NOS/c1-11-7-5-6-9-13(11)17(16)14-10-4-2-3-8-12(14)15/h5-7,9,12,14H,2-4,8,10,15H2,1H3. The van der Waals surface area contributed by atoms with Gasteiger partial charge in [0.2, 0.25) is 0 Å². The predicted octanol–water partition coefficient (Wildman–Crippen LogP) is 2.76. The molecule has 0 saturated heterocycles. The molecular formula is C14H21NOS. The Morgan fingerprint density at radius 2 is 1.88 bits per heavy atom. The van der Waals surface area contributed by atoms with Crippen LogP contribution in [0, 0.1) is 6.92 Å². The molecule has 1 fully saturated rings. The first-order valence-electron chi connectivity index (χ1n) is 6.42. The summed E-state index contributed by atoms with van der Waals surface area (Å²) in [6.45, 7) is 2.02. The van der Waals surface area contributed by atoms with E-state index < -0.39 is 10.8 Å². The second-order valence-corrected chi connectivity index (χ2v) is 6.54. The number of nitrogens with two attached hydrogens (primary N) is 1. The highest BCUT2D eigenvalue weighted by molar-refractivity contribution is 7.85. The molecule has 0 bridgehead atoms. The fourth-order valence-electron chi connectivity index (χ4n) is 2.51. The molecule has 0 radical (unpaired) electrons. The highest BCUT2D eigenvalue weighted by Gasteiger charge is 2.27. The maximum absolute atomic E-state index is 12.6. The summed E-state index contributed by atoms with van der Waals surface area (Å²) in [6, 6.07) is 8.04. The van der Waals surface area contributed by atoms with E-state index in [9.17, 15) is 4.21 Å². The van der Waals surface area contributed by atoms with Crippen molar-refractivity contribution in [2.45, 2.75) is 55.2 Å². The van der Waals surface area contributed by atoms with Crippen LogP contribution in [0.3, 0.4) is 0 Å². The quantitative estimate of drug-likeness (QED) is 0.821. The second kappa shape index (κ2) is 5.78. The Morgan fingerprint density at radius 1 is 1.18 bits per heavy atom. The second-order valence-electron chi connectivity index (χ2n) is 4.90. The Balaban J connectivity index is 2.21. The van der Waals surface area contributed by atoms with Crippen molar-refractivity contribution in [2.24, 2.45) is 5.73 Å². The van der Waals surface area contributed by atoms with Crippen molar-refractivity contribution in [3.63, 3.8) is 0 Å². The Labute approximate surface area is 106 Å².